The van der Waals surface area contributed by atoms with Gasteiger partial charge in [0.2, 0.25) is 5.91 Å². The smallest absolute Gasteiger partial charge is 0.337 e. The molecule has 0 saturated heterocycles. The van der Waals surface area contributed by atoms with Crippen LogP contribution in [0.3, 0.4) is 0 Å². The molecule has 0 bridgehead atoms. The van der Waals surface area contributed by atoms with Crippen LogP contribution in [0.1, 0.15) is 30.6 Å². The molecule has 0 spiro atoms. The molecule has 5 nitrogen and oxygen atoms in total. The van der Waals surface area contributed by atoms with Gasteiger partial charge in [-0.05, 0) is 30.5 Å². The summed E-state index contributed by atoms with van der Waals surface area (Å²) in [6, 6.07) is 6.87. The molecule has 0 aliphatic carbocycles. The summed E-state index contributed by atoms with van der Waals surface area (Å²) < 4.78 is 4.65. The number of ether oxygens (including phenoxy) is 1. The molecule has 0 aliphatic heterocycles. The molecule has 0 unspecified atom stereocenters. The molecule has 1 amide bonds. The van der Waals surface area contributed by atoms with E-state index in [9.17, 15) is 9.59 Å². The predicted molar refractivity (Wildman–Crippen MR) is 78.7 cm³/mol. The van der Waals surface area contributed by atoms with Crippen LogP contribution in [-0.2, 0) is 9.53 Å². The molecule has 1 aromatic carbocycles. The summed E-state index contributed by atoms with van der Waals surface area (Å²) in [4.78, 5) is 23.0. The van der Waals surface area contributed by atoms with Gasteiger partial charge in [-0.2, -0.15) is 0 Å². The Bertz CT molecular complexity index is 458. The van der Waals surface area contributed by atoms with Gasteiger partial charge < -0.3 is 15.4 Å². The van der Waals surface area contributed by atoms with Crippen LogP contribution in [0.2, 0.25) is 0 Å². The van der Waals surface area contributed by atoms with Crippen molar-refractivity contribution >= 4 is 17.6 Å². The molecule has 1 rings (SSSR count). The number of hydrogen-bond donors (Lipinski definition) is 2. The van der Waals surface area contributed by atoms with Crippen molar-refractivity contribution in [2.45, 2.75) is 20.3 Å². The van der Waals surface area contributed by atoms with Gasteiger partial charge in [-0.15, -0.1) is 0 Å². The normalized spacial score (nSPS) is 10.2. The van der Waals surface area contributed by atoms with E-state index in [0.717, 1.165) is 6.42 Å². The Kier molecular flexibility index (Phi) is 6.56. The Balaban J connectivity index is 2.41. The molecule has 0 aliphatic rings. The Morgan fingerprint density at radius 1 is 1.30 bits per heavy atom. The lowest BCUT2D eigenvalue weighted by Gasteiger charge is -2.09. The summed E-state index contributed by atoms with van der Waals surface area (Å²) >= 11 is 0. The second kappa shape index (κ2) is 8.19. The number of rotatable bonds is 7. The highest BCUT2D eigenvalue weighted by molar-refractivity contribution is 5.90. The van der Waals surface area contributed by atoms with E-state index in [-0.39, 0.29) is 12.5 Å². The topological polar surface area (TPSA) is 67.4 Å². The summed E-state index contributed by atoms with van der Waals surface area (Å²) in [5.41, 5.74) is 1.17. The Labute approximate surface area is 119 Å². The number of anilines is 1. The fourth-order valence-corrected chi connectivity index (χ4v) is 1.62. The van der Waals surface area contributed by atoms with Crippen molar-refractivity contribution in [3.8, 4) is 0 Å². The molecule has 0 heterocycles. The number of amides is 1. The van der Waals surface area contributed by atoms with Gasteiger partial charge in [-0.3, -0.25) is 4.79 Å². The van der Waals surface area contributed by atoms with Crippen molar-refractivity contribution < 1.29 is 14.3 Å². The highest BCUT2D eigenvalue weighted by atomic mass is 16.5. The van der Waals surface area contributed by atoms with Gasteiger partial charge in [0, 0.05) is 12.2 Å². The fourth-order valence-electron chi connectivity index (χ4n) is 1.62. The molecular weight excluding hydrogens is 256 g/mol. The third-order valence-electron chi connectivity index (χ3n) is 2.78. The van der Waals surface area contributed by atoms with Gasteiger partial charge in [0.25, 0.3) is 0 Å². The Morgan fingerprint density at radius 2 is 2.05 bits per heavy atom. The minimum Gasteiger partial charge on any atom is -0.465 e. The van der Waals surface area contributed by atoms with Crippen LogP contribution in [-0.4, -0.2) is 32.1 Å². The largest absolute Gasteiger partial charge is 0.465 e. The first-order valence-corrected chi connectivity index (χ1v) is 6.72. The molecule has 0 radical (unpaired) electrons. The minimum absolute atomic E-state index is 0.0610. The van der Waals surface area contributed by atoms with Crippen molar-refractivity contribution in [1.82, 2.24) is 5.32 Å². The maximum atomic E-state index is 11.6. The van der Waals surface area contributed by atoms with Gasteiger partial charge in [-0.1, -0.05) is 19.9 Å². The van der Waals surface area contributed by atoms with E-state index < -0.39 is 5.97 Å². The van der Waals surface area contributed by atoms with E-state index in [0.29, 0.717) is 23.7 Å². The molecule has 20 heavy (non-hydrogen) atoms. The van der Waals surface area contributed by atoms with Crippen LogP contribution < -0.4 is 10.6 Å². The van der Waals surface area contributed by atoms with E-state index in [2.05, 4.69) is 29.2 Å². The van der Waals surface area contributed by atoms with E-state index in [1.807, 2.05) is 0 Å². The number of methoxy groups -OCH3 is 1. The molecular formula is C15H22N2O3. The zero-order valence-corrected chi connectivity index (χ0v) is 12.2. The van der Waals surface area contributed by atoms with Crippen LogP contribution in [0.5, 0.6) is 0 Å². The van der Waals surface area contributed by atoms with E-state index in [1.165, 1.54) is 7.11 Å². The zero-order chi connectivity index (χ0) is 15.0. The SMILES string of the molecule is COC(=O)c1cccc(NCC(=O)NCCC(C)C)c1. The number of carbonyl (C=O) groups excluding carboxylic acids is 2. The van der Waals surface area contributed by atoms with Crippen LogP contribution in [0.15, 0.2) is 24.3 Å². The molecule has 1 aromatic rings. The van der Waals surface area contributed by atoms with Crippen molar-refractivity contribution in [3.63, 3.8) is 0 Å². The first kappa shape index (κ1) is 16.0. The molecule has 0 fully saturated rings. The van der Waals surface area contributed by atoms with E-state index in [4.69, 9.17) is 0 Å². The first-order chi connectivity index (χ1) is 9.52. The second-order valence-corrected chi connectivity index (χ2v) is 4.96. The Hall–Kier alpha value is -2.04. The summed E-state index contributed by atoms with van der Waals surface area (Å²) in [7, 11) is 1.34. The van der Waals surface area contributed by atoms with Gasteiger partial charge in [0.1, 0.15) is 0 Å². The third-order valence-corrected chi connectivity index (χ3v) is 2.78. The maximum absolute atomic E-state index is 11.6. The number of carbonyl (C=O) groups is 2. The molecule has 5 heteroatoms. The molecule has 0 saturated carbocycles. The molecule has 110 valence electrons. The van der Waals surface area contributed by atoms with Gasteiger partial charge >= 0.3 is 5.97 Å². The van der Waals surface area contributed by atoms with E-state index >= 15 is 0 Å². The van der Waals surface area contributed by atoms with Crippen molar-refractivity contribution in [2.75, 3.05) is 25.5 Å². The average Bonchev–Trinajstić information content (AvgIpc) is 2.44. The monoisotopic (exact) mass is 278 g/mol. The van der Waals surface area contributed by atoms with Gasteiger partial charge in [0.15, 0.2) is 0 Å². The van der Waals surface area contributed by atoms with Crippen molar-refractivity contribution in [2.24, 2.45) is 5.92 Å². The molecule has 2 N–H and O–H groups in total. The lowest BCUT2D eigenvalue weighted by Crippen LogP contribution is -2.31. The number of hydrogen-bond acceptors (Lipinski definition) is 4. The highest BCUT2D eigenvalue weighted by Crippen LogP contribution is 2.11. The average molecular weight is 278 g/mol. The van der Waals surface area contributed by atoms with Gasteiger partial charge in [-0.25, -0.2) is 4.79 Å². The number of nitrogens with one attached hydrogen (secondary N) is 2. The van der Waals surface area contributed by atoms with Crippen LogP contribution in [0.25, 0.3) is 0 Å². The van der Waals surface area contributed by atoms with E-state index in [1.54, 1.807) is 24.3 Å². The highest BCUT2D eigenvalue weighted by Gasteiger charge is 2.06. The lowest BCUT2D eigenvalue weighted by atomic mass is 10.1. The lowest BCUT2D eigenvalue weighted by molar-refractivity contribution is -0.119. The number of benzene rings is 1. The van der Waals surface area contributed by atoms with Gasteiger partial charge in [0.05, 0.1) is 19.2 Å². The number of esters is 1. The standard InChI is InChI=1S/C15H22N2O3/c1-11(2)7-8-16-14(18)10-17-13-6-4-5-12(9-13)15(19)20-3/h4-6,9,11,17H,7-8,10H2,1-3H3,(H,16,18). The summed E-state index contributed by atoms with van der Waals surface area (Å²) in [6.07, 6.45) is 0.962. The van der Waals surface area contributed by atoms with Crippen LogP contribution in [0.4, 0.5) is 5.69 Å². The minimum atomic E-state index is -0.393. The Morgan fingerprint density at radius 3 is 2.70 bits per heavy atom. The summed E-state index contributed by atoms with van der Waals surface area (Å²) in [5, 5.41) is 5.82. The zero-order valence-electron chi connectivity index (χ0n) is 12.2. The van der Waals surface area contributed by atoms with Crippen molar-refractivity contribution in [3.05, 3.63) is 29.8 Å². The molecule has 0 aromatic heterocycles. The maximum Gasteiger partial charge on any atom is 0.337 e. The molecule has 0 atom stereocenters. The fraction of sp³-hybridized carbons (Fsp3) is 0.467. The quantitative estimate of drug-likeness (QED) is 0.749. The predicted octanol–water partition coefficient (Wildman–Crippen LogP) is 2.05. The second-order valence-electron chi connectivity index (χ2n) is 4.96. The summed E-state index contributed by atoms with van der Waals surface area (Å²) in [6.45, 7) is 5.09. The third kappa shape index (κ3) is 5.73. The van der Waals surface area contributed by atoms with Crippen LogP contribution in [0, 0.1) is 5.92 Å². The summed E-state index contributed by atoms with van der Waals surface area (Å²) in [5.74, 6) is 0.115. The van der Waals surface area contributed by atoms with Crippen LogP contribution >= 0.6 is 0 Å². The first-order valence-electron chi connectivity index (χ1n) is 6.72. The van der Waals surface area contributed by atoms with Crippen molar-refractivity contribution in [1.29, 1.82) is 0 Å².